The van der Waals surface area contributed by atoms with Gasteiger partial charge in [0.15, 0.2) is 0 Å². The van der Waals surface area contributed by atoms with Crippen LogP contribution in [0.25, 0.3) is 44.5 Å². The summed E-state index contributed by atoms with van der Waals surface area (Å²) in [6.45, 7) is 6.84. The van der Waals surface area contributed by atoms with E-state index in [0.717, 1.165) is 29.4 Å². The minimum Gasteiger partial charge on any atom is -0.455 e. The Morgan fingerprint density at radius 2 is 1.78 bits per heavy atom. The van der Waals surface area contributed by atoms with Crippen LogP contribution >= 0.6 is 11.6 Å². The summed E-state index contributed by atoms with van der Waals surface area (Å²) in [4.78, 5) is 18.7. The van der Waals surface area contributed by atoms with Gasteiger partial charge in [0.25, 0.3) is 0 Å². The zero-order chi connectivity index (χ0) is 28.7. The Morgan fingerprint density at radius 3 is 2.56 bits per heavy atom. The molecule has 1 saturated heterocycles. The van der Waals surface area contributed by atoms with E-state index in [9.17, 15) is 4.79 Å². The third-order valence-corrected chi connectivity index (χ3v) is 7.53. The van der Waals surface area contributed by atoms with E-state index in [0.29, 0.717) is 41.1 Å². The lowest BCUT2D eigenvalue weighted by molar-refractivity contribution is 0.0185. The van der Waals surface area contributed by atoms with Crippen LogP contribution in [0.3, 0.4) is 0 Å². The fraction of sp³-hybridized carbons (Fsp3) is 0.281. The summed E-state index contributed by atoms with van der Waals surface area (Å²) >= 11 is 6.15. The van der Waals surface area contributed by atoms with Crippen molar-refractivity contribution in [2.24, 2.45) is 0 Å². The number of pyridine rings is 1. The van der Waals surface area contributed by atoms with Crippen molar-refractivity contribution in [1.82, 2.24) is 19.7 Å². The Hall–Kier alpha value is -4.17. The second-order valence-electron chi connectivity index (χ2n) is 11.3. The van der Waals surface area contributed by atoms with Gasteiger partial charge in [-0.25, -0.2) is 9.18 Å². The first-order valence-corrected chi connectivity index (χ1v) is 14.0. The van der Waals surface area contributed by atoms with E-state index in [-0.39, 0.29) is 17.2 Å². The molecule has 1 fully saturated rings. The van der Waals surface area contributed by atoms with Gasteiger partial charge in [-0.3, -0.25) is 9.67 Å². The molecule has 0 saturated carbocycles. The highest BCUT2D eigenvalue weighted by molar-refractivity contribution is 6.31. The van der Waals surface area contributed by atoms with Crippen molar-refractivity contribution in [3.63, 3.8) is 0 Å². The van der Waals surface area contributed by atoms with E-state index in [1.54, 1.807) is 29.4 Å². The first-order valence-electron chi connectivity index (χ1n) is 13.6. The SMILES string of the molecule is CC(C)(C)OC(=O)N1CCC(n2cc(-c3cncc(-c4oc5ccccc5c4-c4cccc(Cl)c4F)c3)cn2)CC1. The molecule has 41 heavy (non-hydrogen) atoms. The van der Waals surface area contributed by atoms with Crippen LogP contribution in [0.4, 0.5) is 9.18 Å². The lowest BCUT2D eigenvalue weighted by Crippen LogP contribution is -2.42. The number of fused-ring (bicyclic) bond motifs is 1. The second kappa shape index (κ2) is 10.7. The number of furan rings is 1. The molecule has 3 aromatic heterocycles. The van der Waals surface area contributed by atoms with E-state index in [2.05, 4.69) is 10.1 Å². The van der Waals surface area contributed by atoms with Crippen LogP contribution in [0, 0.1) is 5.82 Å². The molecule has 0 N–H and O–H groups in total. The van der Waals surface area contributed by atoms with Gasteiger partial charge in [0.1, 0.15) is 22.8 Å². The molecule has 0 unspecified atom stereocenters. The van der Waals surface area contributed by atoms with Crippen LogP contribution < -0.4 is 0 Å². The molecule has 210 valence electrons. The molecule has 5 aromatic rings. The molecule has 0 radical (unpaired) electrons. The monoisotopic (exact) mass is 572 g/mol. The highest BCUT2D eigenvalue weighted by Crippen LogP contribution is 2.43. The van der Waals surface area contributed by atoms with Crippen molar-refractivity contribution < 1.29 is 18.3 Å². The van der Waals surface area contributed by atoms with Crippen LogP contribution in [0.15, 0.2) is 77.7 Å². The molecule has 4 heterocycles. The third-order valence-electron chi connectivity index (χ3n) is 7.24. The molecule has 0 aliphatic carbocycles. The summed E-state index contributed by atoms with van der Waals surface area (Å²) in [5.41, 5.74) is 3.61. The highest BCUT2D eigenvalue weighted by Gasteiger charge is 2.28. The van der Waals surface area contributed by atoms with Crippen molar-refractivity contribution in [2.45, 2.75) is 45.3 Å². The molecule has 1 aliphatic heterocycles. The first kappa shape index (κ1) is 27.0. The maximum Gasteiger partial charge on any atom is 0.410 e. The van der Waals surface area contributed by atoms with Crippen molar-refractivity contribution in [1.29, 1.82) is 0 Å². The molecule has 1 amide bonds. The number of hydrogen-bond acceptors (Lipinski definition) is 5. The van der Waals surface area contributed by atoms with Gasteiger partial charge >= 0.3 is 6.09 Å². The van der Waals surface area contributed by atoms with Gasteiger partial charge in [0.05, 0.1) is 17.3 Å². The van der Waals surface area contributed by atoms with Gasteiger partial charge in [-0.2, -0.15) is 5.10 Å². The third kappa shape index (κ3) is 5.44. The number of piperidine rings is 1. The fourth-order valence-electron chi connectivity index (χ4n) is 5.26. The molecule has 0 atom stereocenters. The van der Waals surface area contributed by atoms with Crippen molar-refractivity contribution >= 4 is 28.7 Å². The zero-order valence-corrected chi connectivity index (χ0v) is 23.9. The minimum absolute atomic E-state index is 0.0509. The molecule has 7 nitrogen and oxygen atoms in total. The minimum atomic E-state index is -0.515. The van der Waals surface area contributed by atoms with Gasteiger partial charge in [0.2, 0.25) is 0 Å². The van der Waals surface area contributed by atoms with Crippen molar-refractivity contribution in [3.8, 4) is 33.6 Å². The fourth-order valence-corrected chi connectivity index (χ4v) is 5.44. The Kier molecular flexibility index (Phi) is 7.03. The number of rotatable bonds is 4. The maximum atomic E-state index is 15.2. The summed E-state index contributed by atoms with van der Waals surface area (Å²) in [5, 5.41) is 5.48. The zero-order valence-electron chi connectivity index (χ0n) is 23.1. The molecular weight excluding hydrogens is 543 g/mol. The number of ether oxygens (including phenoxy) is 1. The average Bonchev–Trinajstić information content (AvgIpc) is 3.60. The number of para-hydroxylation sites is 1. The summed E-state index contributed by atoms with van der Waals surface area (Å²) in [6, 6.07) is 14.7. The summed E-state index contributed by atoms with van der Waals surface area (Å²) in [5.74, 6) is 0.0219. The Balaban J connectivity index is 1.28. The van der Waals surface area contributed by atoms with E-state index >= 15 is 4.39 Å². The Morgan fingerprint density at radius 1 is 1.02 bits per heavy atom. The van der Waals surface area contributed by atoms with E-state index in [4.69, 9.17) is 20.8 Å². The second-order valence-corrected chi connectivity index (χ2v) is 11.7. The first-order chi connectivity index (χ1) is 19.7. The Labute approximate surface area is 242 Å². The van der Waals surface area contributed by atoms with E-state index in [1.807, 2.05) is 68.2 Å². The van der Waals surface area contributed by atoms with Crippen LogP contribution in [0.2, 0.25) is 5.02 Å². The molecule has 0 bridgehead atoms. The average molecular weight is 573 g/mol. The number of nitrogens with zero attached hydrogens (tertiary/aromatic N) is 4. The van der Waals surface area contributed by atoms with Crippen molar-refractivity contribution in [2.75, 3.05) is 13.1 Å². The number of aromatic nitrogens is 3. The smallest absolute Gasteiger partial charge is 0.410 e. The quantitative estimate of drug-likeness (QED) is 0.216. The summed E-state index contributed by atoms with van der Waals surface area (Å²) < 4.78 is 29.0. The number of benzene rings is 2. The molecule has 0 spiro atoms. The molecule has 9 heteroatoms. The molecule has 2 aromatic carbocycles. The van der Waals surface area contributed by atoms with Gasteiger partial charge in [0, 0.05) is 64.9 Å². The number of hydrogen-bond donors (Lipinski definition) is 0. The van der Waals surface area contributed by atoms with E-state index < -0.39 is 11.4 Å². The van der Waals surface area contributed by atoms with Gasteiger partial charge in [-0.05, 0) is 51.8 Å². The van der Waals surface area contributed by atoms with E-state index in [1.165, 1.54) is 6.07 Å². The molecular formula is C32H30ClFN4O3. The van der Waals surface area contributed by atoms with Crippen LogP contribution in [-0.4, -0.2) is 44.4 Å². The van der Waals surface area contributed by atoms with Crippen LogP contribution in [-0.2, 0) is 4.74 Å². The predicted octanol–water partition coefficient (Wildman–Crippen LogP) is 8.39. The largest absolute Gasteiger partial charge is 0.455 e. The van der Waals surface area contributed by atoms with Crippen molar-refractivity contribution in [3.05, 3.63) is 84.2 Å². The summed E-state index contributed by atoms with van der Waals surface area (Å²) in [7, 11) is 0. The number of halogens is 2. The highest BCUT2D eigenvalue weighted by atomic mass is 35.5. The van der Waals surface area contributed by atoms with Gasteiger partial charge in [-0.15, -0.1) is 0 Å². The maximum absolute atomic E-state index is 15.2. The predicted molar refractivity (Wildman–Crippen MR) is 157 cm³/mol. The lowest BCUT2D eigenvalue weighted by atomic mass is 9.98. The number of likely N-dealkylation sites (tertiary alicyclic amines) is 1. The Bertz CT molecular complexity index is 1730. The topological polar surface area (TPSA) is 73.4 Å². The van der Waals surface area contributed by atoms with Crippen LogP contribution in [0.1, 0.15) is 39.7 Å². The van der Waals surface area contributed by atoms with Crippen LogP contribution in [0.5, 0.6) is 0 Å². The summed E-state index contributed by atoms with van der Waals surface area (Å²) in [6.07, 6.45) is 8.60. The van der Waals surface area contributed by atoms with Gasteiger partial charge in [-0.1, -0.05) is 41.9 Å². The number of carbonyl (C=O) groups is 1. The number of carbonyl (C=O) groups excluding carboxylic acids is 1. The molecule has 1 aliphatic rings. The number of amides is 1. The lowest BCUT2D eigenvalue weighted by Gasteiger charge is -2.33. The normalized spacial score (nSPS) is 14.5. The molecule has 6 rings (SSSR count). The van der Waals surface area contributed by atoms with Gasteiger partial charge < -0.3 is 14.1 Å². The standard InChI is InChI=1S/C32H30ClFN4O3/c1-32(2,3)41-31(39)37-13-11-23(12-14-37)38-19-22(18-36-38)20-15-21(17-35-16-20)30-28(24-7-4-5-10-27(24)40-30)25-8-6-9-26(33)29(25)34/h4-10,15-19,23H,11-14H2,1-3H3.